The first-order valence-corrected chi connectivity index (χ1v) is 8.09. The maximum absolute atomic E-state index is 12.2. The first-order chi connectivity index (χ1) is 10.3. The Labute approximate surface area is 133 Å². The second-order valence-electron chi connectivity index (χ2n) is 6.90. The summed E-state index contributed by atoms with van der Waals surface area (Å²) in [6.07, 6.45) is 2.08. The lowest BCUT2D eigenvalue weighted by molar-refractivity contribution is -0.121. The number of hydrogen-bond acceptors (Lipinski definition) is 2. The summed E-state index contributed by atoms with van der Waals surface area (Å²) in [5, 5.41) is 4.11. The zero-order valence-electron chi connectivity index (χ0n) is 14.5. The second kappa shape index (κ2) is 6.55. The van der Waals surface area contributed by atoms with E-state index >= 15 is 0 Å². The van der Waals surface area contributed by atoms with Crippen molar-refractivity contribution in [3.05, 3.63) is 35.1 Å². The van der Waals surface area contributed by atoms with E-state index in [0.717, 1.165) is 16.5 Å². The van der Waals surface area contributed by atoms with Crippen LogP contribution in [0.1, 0.15) is 57.2 Å². The van der Waals surface area contributed by atoms with Crippen molar-refractivity contribution in [1.29, 1.82) is 0 Å². The summed E-state index contributed by atoms with van der Waals surface area (Å²) in [7, 11) is 0. The molecule has 1 unspecified atom stereocenters. The summed E-state index contributed by atoms with van der Waals surface area (Å²) < 4.78 is 5.64. The van der Waals surface area contributed by atoms with E-state index in [9.17, 15) is 4.79 Å². The lowest BCUT2D eigenvalue weighted by atomic mass is 9.95. The molecular weight excluding hydrogens is 274 g/mol. The molecule has 1 atom stereocenters. The minimum Gasteiger partial charge on any atom is -0.464 e. The molecule has 0 aliphatic rings. The van der Waals surface area contributed by atoms with Crippen LogP contribution in [0.3, 0.4) is 0 Å². The summed E-state index contributed by atoms with van der Waals surface area (Å²) in [6.45, 7) is 12.7. The zero-order chi connectivity index (χ0) is 16.4. The lowest BCUT2D eigenvalue weighted by Gasteiger charge is -2.17. The van der Waals surface area contributed by atoms with Crippen molar-refractivity contribution in [3.63, 3.8) is 0 Å². The van der Waals surface area contributed by atoms with Gasteiger partial charge in [0.25, 0.3) is 0 Å². The number of amides is 1. The van der Waals surface area contributed by atoms with Crippen LogP contribution < -0.4 is 5.32 Å². The average Bonchev–Trinajstić information content (AvgIpc) is 2.79. The molecule has 0 bridgehead atoms. The van der Waals surface area contributed by atoms with E-state index in [-0.39, 0.29) is 11.9 Å². The fourth-order valence-electron chi connectivity index (χ4n) is 2.65. The number of nitrogens with one attached hydrogen (secondary N) is 1. The Kier molecular flexibility index (Phi) is 4.94. The fraction of sp³-hybridized carbons (Fsp3) is 0.526. The molecule has 1 aromatic heterocycles. The highest BCUT2D eigenvalue weighted by molar-refractivity contribution is 5.88. The van der Waals surface area contributed by atoms with Crippen LogP contribution in [0, 0.1) is 12.8 Å². The molecule has 0 saturated heterocycles. The minimum atomic E-state index is 0.0515. The van der Waals surface area contributed by atoms with Gasteiger partial charge >= 0.3 is 0 Å². The summed E-state index contributed by atoms with van der Waals surface area (Å²) in [6, 6.07) is 4.43. The molecule has 0 aliphatic carbocycles. The predicted octanol–water partition coefficient (Wildman–Crippen LogP) is 4.57. The van der Waals surface area contributed by atoms with Crippen molar-refractivity contribution in [2.24, 2.45) is 5.92 Å². The van der Waals surface area contributed by atoms with Crippen LogP contribution in [-0.4, -0.2) is 11.9 Å². The number of rotatable bonds is 5. The molecule has 1 aromatic carbocycles. The quantitative estimate of drug-likeness (QED) is 0.879. The number of furan rings is 1. The van der Waals surface area contributed by atoms with Gasteiger partial charge < -0.3 is 9.73 Å². The Morgan fingerprint density at radius 3 is 2.45 bits per heavy atom. The molecule has 0 aliphatic heterocycles. The van der Waals surface area contributed by atoms with Gasteiger partial charge in [-0.1, -0.05) is 27.7 Å². The van der Waals surface area contributed by atoms with E-state index in [2.05, 4.69) is 52.1 Å². The Morgan fingerprint density at radius 1 is 1.18 bits per heavy atom. The topological polar surface area (TPSA) is 42.2 Å². The van der Waals surface area contributed by atoms with Gasteiger partial charge in [-0.05, 0) is 48.9 Å². The Hall–Kier alpha value is -1.77. The van der Waals surface area contributed by atoms with Crippen LogP contribution in [0.25, 0.3) is 11.0 Å². The van der Waals surface area contributed by atoms with E-state index in [1.807, 2.05) is 6.92 Å². The van der Waals surface area contributed by atoms with E-state index in [1.54, 1.807) is 6.26 Å². The largest absolute Gasteiger partial charge is 0.464 e. The normalized spacial score (nSPS) is 13.1. The highest BCUT2D eigenvalue weighted by atomic mass is 16.3. The standard InChI is InChI=1S/C19H27NO2/c1-11(2)14(6)20-19(21)8-15-10-22-18-7-13(5)16(12(3)4)9-17(15)18/h7,9-12,14H,8H2,1-6H3,(H,20,21). The summed E-state index contributed by atoms with van der Waals surface area (Å²) in [5.41, 5.74) is 4.37. The first-order valence-electron chi connectivity index (χ1n) is 8.09. The Balaban J connectivity index is 2.25. The van der Waals surface area contributed by atoms with Crippen molar-refractivity contribution >= 4 is 16.9 Å². The number of hydrogen-bond donors (Lipinski definition) is 1. The van der Waals surface area contributed by atoms with Crippen LogP contribution in [0.4, 0.5) is 0 Å². The molecule has 2 rings (SSSR count). The van der Waals surface area contributed by atoms with E-state index in [4.69, 9.17) is 4.42 Å². The van der Waals surface area contributed by atoms with Crippen LogP contribution >= 0.6 is 0 Å². The molecule has 120 valence electrons. The molecule has 2 aromatic rings. The third-order valence-electron chi connectivity index (χ3n) is 4.40. The first kappa shape index (κ1) is 16.6. The molecule has 1 amide bonds. The molecule has 0 saturated carbocycles. The number of carbonyl (C=O) groups is 1. The molecule has 3 nitrogen and oxygen atoms in total. The van der Waals surface area contributed by atoms with Gasteiger partial charge in [0.1, 0.15) is 5.58 Å². The smallest absolute Gasteiger partial charge is 0.224 e. The third kappa shape index (κ3) is 3.52. The van der Waals surface area contributed by atoms with Gasteiger partial charge in [-0.25, -0.2) is 0 Å². The van der Waals surface area contributed by atoms with Crippen LogP contribution in [0.15, 0.2) is 22.8 Å². The Bertz CT molecular complexity index is 667. The monoisotopic (exact) mass is 301 g/mol. The fourth-order valence-corrected chi connectivity index (χ4v) is 2.65. The van der Waals surface area contributed by atoms with E-state index < -0.39 is 0 Å². The van der Waals surface area contributed by atoms with E-state index in [1.165, 1.54) is 11.1 Å². The SMILES string of the molecule is Cc1cc2occ(CC(=O)NC(C)C(C)C)c2cc1C(C)C. The molecular formula is C19H27NO2. The zero-order valence-corrected chi connectivity index (χ0v) is 14.5. The molecule has 22 heavy (non-hydrogen) atoms. The van der Waals surface area contributed by atoms with Gasteiger partial charge in [0.2, 0.25) is 5.91 Å². The lowest BCUT2D eigenvalue weighted by Crippen LogP contribution is -2.36. The summed E-state index contributed by atoms with van der Waals surface area (Å²) in [4.78, 5) is 12.2. The molecule has 1 N–H and O–H groups in total. The van der Waals surface area contributed by atoms with Gasteiger partial charge in [0.15, 0.2) is 0 Å². The van der Waals surface area contributed by atoms with Crippen LogP contribution in [-0.2, 0) is 11.2 Å². The van der Waals surface area contributed by atoms with Gasteiger partial charge in [-0.15, -0.1) is 0 Å². The minimum absolute atomic E-state index is 0.0515. The number of carbonyl (C=O) groups excluding carboxylic acids is 1. The van der Waals surface area contributed by atoms with Gasteiger partial charge in [0.05, 0.1) is 12.7 Å². The second-order valence-corrected chi connectivity index (χ2v) is 6.90. The third-order valence-corrected chi connectivity index (χ3v) is 4.40. The number of aryl methyl sites for hydroxylation is 1. The summed E-state index contributed by atoms with van der Waals surface area (Å²) >= 11 is 0. The average molecular weight is 301 g/mol. The summed E-state index contributed by atoms with van der Waals surface area (Å²) in [5.74, 6) is 0.942. The molecule has 0 fully saturated rings. The van der Waals surface area contributed by atoms with E-state index in [0.29, 0.717) is 18.3 Å². The maximum atomic E-state index is 12.2. The van der Waals surface area contributed by atoms with Gasteiger partial charge in [-0.2, -0.15) is 0 Å². The highest BCUT2D eigenvalue weighted by Gasteiger charge is 2.16. The highest BCUT2D eigenvalue weighted by Crippen LogP contribution is 2.29. The number of benzene rings is 1. The number of fused-ring (bicyclic) bond motifs is 1. The maximum Gasteiger partial charge on any atom is 0.224 e. The Morgan fingerprint density at radius 2 is 1.86 bits per heavy atom. The van der Waals surface area contributed by atoms with Crippen molar-refractivity contribution in [2.45, 2.75) is 59.9 Å². The van der Waals surface area contributed by atoms with Crippen molar-refractivity contribution in [1.82, 2.24) is 5.32 Å². The molecule has 0 radical (unpaired) electrons. The molecule has 0 spiro atoms. The van der Waals surface area contributed by atoms with Crippen LogP contribution in [0.2, 0.25) is 0 Å². The molecule has 3 heteroatoms. The predicted molar refractivity (Wildman–Crippen MR) is 91.2 cm³/mol. The van der Waals surface area contributed by atoms with Crippen molar-refractivity contribution in [2.75, 3.05) is 0 Å². The van der Waals surface area contributed by atoms with Gasteiger partial charge in [0, 0.05) is 17.0 Å². The van der Waals surface area contributed by atoms with Crippen LogP contribution in [0.5, 0.6) is 0 Å². The van der Waals surface area contributed by atoms with Gasteiger partial charge in [-0.3, -0.25) is 4.79 Å². The van der Waals surface area contributed by atoms with Crippen molar-refractivity contribution in [3.8, 4) is 0 Å². The van der Waals surface area contributed by atoms with Crippen molar-refractivity contribution < 1.29 is 9.21 Å². The molecule has 1 heterocycles.